The molecule has 1 aliphatic rings. The van der Waals surface area contributed by atoms with Crippen molar-refractivity contribution in [1.29, 1.82) is 0 Å². The van der Waals surface area contributed by atoms with E-state index in [0.29, 0.717) is 0 Å². The normalized spacial score (nSPS) is 21.8. The highest BCUT2D eigenvalue weighted by molar-refractivity contribution is 9.11. The fraction of sp³-hybridized carbons (Fsp3) is 0.667. The van der Waals surface area contributed by atoms with Crippen molar-refractivity contribution >= 4 is 21.8 Å². The summed E-state index contributed by atoms with van der Waals surface area (Å²) in [4.78, 5) is 13.0. The molecule has 2 N–H and O–H groups in total. The highest BCUT2D eigenvalue weighted by Gasteiger charge is 2.22. The highest BCUT2D eigenvalue weighted by atomic mass is 79.9. The van der Waals surface area contributed by atoms with Crippen LogP contribution in [0.2, 0.25) is 0 Å². The lowest BCUT2D eigenvalue weighted by Gasteiger charge is -2.31. The number of rotatable bonds is 2. The number of carbonyl (C=O) groups is 1. The molecule has 74 valence electrons. The standard InChI is InChI=1S/C9H15BrN2O/c1-6-3-4-12(5-8(6)10)7(2)9(11)13/h7H,3-5H2,1-2H3,(H2,11,13). The minimum absolute atomic E-state index is 0.166. The molecule has 0 fully saturated rings. The van der Waals surface area contributed by atoms with Crippen LogP contribution in [0.4, 0.5) is 0 Å². The van der Waals surface area contributed by atoms with Gasteiger partial charge in [0.2, 0.25) is 5.91 Å². The number of amides is 1. The summed E-state index contributed by atoms with van der Waals surface area (Å²) in [6, 6.07) is -0.166. The molecule has 13 heavy (non-hydrogen) atoms. The molecule has 0 bridgehead atoms. The summed E-state index contributed by atoms with van der Waals surface area (Å²) in [5.74, 6) is -0.250. The number of nitrogens with two attached hydrogens (primary N) is 1. The molecule has 3 nitrogen and oxygen atoms in total. The maximum atomic E-state index is 10.9. The van der Waals surface area contributed by atoms with E-state index in [1.54, 1.807) is 0 Å². The van der Waals surface area contributed by atoms with Crippen LogP contribution in [0.15, 0.2) is 10.1 Å². The molecule has 1 unspecified atom stereocenters. The van der Waals surface area contributed by atoms with E-state index in [0.717, 1.165) is 19.5 Å². The molecule has 0 aromatic carbocycles. The van der Waals surface area contributed by atoms with Crippen LogP contribution in [0, 0.1) is 0 Å². The third-order valence-corrected chi connectivity index (χ3v) is 3.47. The van der Waals surface area contributed by atoms with Crippen molar-refractivity contribution in [2.45, 2.75) is 26.3 Å². The topological polar surface area (TPSA) is 46.3 Å². The smallest absolute Gasteiger partial charge is 0.234 e. The first-order valence-electron chi connectivity index (χ1n) is 4.40. The summed E-state index contributed by atoms with van der Waals surface area (Å²) in [6.07, 6.45) is 1.01. The van der Waals surface area contributed by atoms with Gasteiger partial charge in [-0.2, -0.15) is 0 Å². The largest absolute Gasteiger partial charge is 0.368 e. The molecular formula is C9H15BrN2O. The van der Waals surface area contributed by atoms with Crippen LogP contribution in [-0.4, -0.2) is 29.9 Å². The Hall–Kier alpha value is -0.350. The van der Waals surface area contributed by atoms with Crippen molar-refractivity contribution in [3.63, 3.8) is 0 Å². The molecule has 0 saturated carbocycles. The SMILES string of the molecule is CC1=C(Br)CN(C(C)C(N)=O)CC1. The van der Waals surface area contributed by atoms with Crippen LogP contribution in [0.5, 0.6) is 0 Å². The van der Waals surface area contributed by atoms with Crippen LogP contribution in [0.1, 0.15) is 20.3 Å². The number of nitrogens with zero attached hydrogens (tertiary/aromatic N) is 1. The maximum Gasteiger partial charge on any atom is 0.234 e. The van der Waals surface area contributed by atoms with Crippen molar-refractivity contribution in [2.24, 2.45) is 5.73 Å². The van der Waals surface area contributed by atoms with Gasteiger partial charge in [-0.1, -0.05) is 21.5 Å². The van der Waals surface area contributed by atoms with Crippen LogP contribution in [-0.2, 0) is 4.79 Å². The van der Waals surface area contributed by atoms with Gasteiger partial charge in [-0.05, 0) is 20.3 Å². The fourth-order valence-corrected chi connectivity index (χ4v) is 1.87. The Bertz CT molecular complexity index is 250. The van der Waals surface area contributed by atoms with Gasteiger partial charge in [-0.15, -0.1) is 0 Å². The van der Waals surface area contributed by atoms with Crippen molar-refractivity contribution in [2.75, 3.05) is 13.1 Å². The van der Waals surface area contributed by atoms with Crippen molar-refractivity contribution in [1.82, 2.24) is 4.90 Å². The molecular weight excluding hydrogens is 232 g/mol. The van der Waals surface area contributed by atoms with Crippen molar-refractivity contribution in [3.05, 3.63) is 10.1 Å². The lowest BCUT2D eigenvalue weighted by molar-refractivity contribution is -0.122. The van der Waals surface area contributed by atoms with Crippen LogP contribution in [0.25, 0.3) is 0 Å². The minimum Gasteiger partial charge on any atom is -0.368 e. The van der Waals surface area contributed by atoms with E-state index in [2.05, 4.69) is 27.8 Å². The lowest BCUT2D eigenvalue weighted by Crippen LogP contribution is -2.45. The molecule has 0 radical (unpaired) electrons. The third-order valence-electron chi connectivity index (χ3n) is 2.54. The first-order chi connectivity index (χ1) is 6.02. The third kappa shape index (κ3) is 2.54. The molecule has 0 aliphatic carbocycles. The Kier molecular flexibility index (Phi) is 3.50. The Morgan fingerprint density at radius 3 is 2.77 bits per heavy atom. The van der Waals surface area contributed by atoms with Crippen molar-refractivity contribution in [3.8, 4) is 0 Å². The average Bonchev–Trinajstić information content (AvgIpc) is 2.08. The summed E-state index contributed by atoms with van der Waals surface area (Å²) >= 11 is 3.50. The van der Waals surface area contributed by atoms with Crippen LogP contribution < -0.4 is 5.73 Å². The number of primary amides is 1. The molecule has 0 spiro atoms. The van der Waals surface area contributed by atoms with Gasteiger partial charge in [0, 0.05) is 17.6 Å². The fourth-order valence-electron chi connectivity index (χ4n) is 1.35. The van der Waals surface area contributed by atoms with Gasteiger partial charge >= 0.3 is 0 Å². The first-order valence-corrected chi connectivity index (χ1v) is 5.19. The summed E-state index contributed by atoms with van der Waals surface area (Å²) in [7, 11) is 0. The van der Waals surface area contributed by atoms with Gasteiger partial charge in [-0.3, -0.25) is 9.69 Å². The molecule has 1 aliphatic heterocycles. The highest BCUT2D eigenvalue weighted by Crippen LogP contribution is 2.23. The van der Waals surface area contributed by atoms with E-state index < -0.39 is 0 Å². The molecule has 0 aromatic heterocycles. The van der Waals surface area contributed by atoms with Gasteiger partial charge < -0.3 is 5.73 Å². The molecule has 0 aromatic rings. The molecule has 1 heterocycles. The van der Waals surface area contributed by atoms with Crippen LogP contribution >= 0.6 is 15.9 Å². The monoisotopic (exact) mass is 246 g/mol. The number of hydrogen-bond acceptors (Lipinski definition) is 2. The predicted octanol–water partition coefficient (Wildman–Crippen LogP) is 1.23. The molecule has 0 saturated heterocycles. The lowest BCUT2D eigenvalue weighted by atomic mass is 10.1. The Labute approximate surface area is 87.1 Å². The second-order valence-electron chi connectivity index (χ2n) is 3.48. The zero-order valence-electron chi connectivity index (χ0n) is 8.01. The van der Waals surface area contributed by atoms with E-state index in [-0.39, 0.29) is 11.9 Å². The average molecular weight is 247 g/mol. The quantitative estimate of drug-likeness (QED) is 0.797. The zero-order chi connectivity index (χ0) is 10.0. The minimum atomic E-state index is -0.250. The Balaban J connectivity index is 2.63. The summed E-state index contributed by atoms with van der Waals surface area (Å²) in [5, 5.41) is 0. The Morgan fingerprint density at radius 2 is 2.31 bits per heavy atom. The van der Waals surface area contributed by atoms with Crippen molar-refractivity contribution < 1.29 is 4.79 Å². The van der Waals surface area contributed by atoms with E-state index in [1.807, 2.05) is 6.92 Å². The van der Waals surface area contributed by atoms with Gasteiger partial charge in [0.25, 0.3) is 0 Å². The second kappa shape index (κ2) is 4.24. The van der Waals surface area contributed by atoms with Crippen LogP contribution in [0.3, 0.4) is 0 Å². The van der Waals surface area contributed by atoms with Gasteiger partial charge in [0.1, 0.15) is 0 Å². The second-order valence-corrected chi connectivity index (χ2v) is 4.44. The zero-order valence-corrected chi connectivity index (χ0v) is 9.60. The summed E-state index contributed by atoms with van der Waals surface area (Å²) in [6.45, 7) is 5.68. The Morgan fingerprint density at radius 1 is 1.69 bits per heavy atom. The van der Waals surface area contributed by atoms with Gasteiger partial charge in [0.05, 0.1) is 6.04 Å². The molecule has 1 rings (SSSR count). The first kappa shape index (κ1) is 10.7. The summed E-state index contributed by atoms with van der Waals surface area (Å²) in [5.41, 5.74) is 6.60. The maximum absolute atomic E-state index is 10.9. The summed E-state index contributed by atoms with van der Waals surface area (Å²) < 4.78 is 1.19. The number of hydrogen-bond donors (Lipinski definition) is 1. The number of halogens is 1. The predicted molar refractivity (Wildman–Crippen MR) is 56.5 cm³/mol. The van der Waals surface area contributed by atoms with E-state index in [9.17, 15) is 4.79 Å². The molecule has 1 atom stereocenters. The van der Waals surface area contributed by atoms with Gasteiger partial charge in [0.15, 0.2) is 0 Å². The molecule has 4 heteroatoms. The van der Waals surface area contributed by atoms with E-state index in [1.165, 1.54) is 10.1 Å². The molecule has 1 amide bonds. The van der Waals surface area contributed by atoms with E-state index in [4.69, 9.17) is 5.73 Å². The van der Waals surface area contributed by atoms with E-state index >= 15 is 0 Å². The van der Waals surface area contributed by atoms with Gasteiger partial charge in [-0.25, -0.2) is 0 Å². The number of carbonyl (C=O) groups excluding carboxylic acids is 1.